The Bertz CT molecular complexity index is 412. The second kappa shape index (κ2) is 4.64. The van der Waals surface area contributed by atoms with E-state index in [0.29, 0.717) is 0 Å². The molecule has 1 atom stereocenters. The minimum atomic E-state index is -4.81. The monoisotopic (exact) mass is 254 g/mol. The van der Waals surface area contributed by atoms with Gasteiger partial charge >= 0.3 is 5.51 Å². The zero-order chi connectivity index (χ0) is 12.3. The third-order valence-corrected chi connectivity index (χ3v) is 2.53. The molecule has 5 nitrogen and oxygen atoms in total. The van der Waals surface area contributed by atoms with Crippen LogP contribution in [0, 0.1) is 0 Å². The van der Waals surface area contributed by atoms with Gasteiger partial charge in [0.15, 0.2) is 16.6 Å². The lowest BCUT2D eigenvalue weighted by atomic mass is 10.6. The summed E-state index contributed by atoms with van der Waals surface area (Å²) in [5, 5.41) is 5.63. The lowest BCUT2D eigenvalue weighted by Gasteiger charge is -2.05. The molecule has 0 aliphatic carbocycles. The van der Waals surface area contributed by atoms with E-state index >= 15 is 0 Å². The number of hydrogen-bond donors (Lipinski definition) is 1. The first-order chi connectivity index (χ1) is 7.32. The van der Waals surface area contributed by atoms with Crippen LogP contribution in [0.3, 0.4) is 0 Å². The van der Waals surface area contributed by atoms with Gasteiger partial charge in [0.1, 0.15) is 4.90 Å². The molecule has 9 heteroatoms. The predicted molar refractivity (Wildman–Crippen MR) is 52.9 cm³/mol. The van der Waals surface area contributed by atoms with Crippen molar-refractivity contribution in [2.45, 2.75) is 10.4 Å². The molecule has 1 rings (SSSR count). The Morgan fingerprint density at radius 3 is 2.69 bits per heavy atom. The summed E-state index contributed by atoms with van der Waals surface area (Å²) in [5.41, 5.74) is -4.81. The van der Waals surface area contributed by atoms with Gasteiger partial charge in [-0.3, -0.25) is 5.10 Å². The molecule has 1 aromatic heterocycles. The normalized spacial score (nSPS) is 14.3. The number of aromatic nitrogens is 2. The number of nitrogens with zero attached hydrogens (tertiary/aromatic N) is 3. The minimum Gasteiger partial charge on any atom is -0.369 e. The standard InChI is InChI=1S/C7H9F3N4OS/c1-14(2)4-11-6-5(3-12-13-6)16(15)7(8,9)10/h3-4H,1-2H3,(H,12,13). The molecule has 90 valence electrons. The van der Waals surface area contributed by atoms with Crippen molar-refractivity contribution < 1.29 is 17.4 Å². The van der Waals surface area contributed by atoms with Crippen LogP contribution in [0.5, 0.6) is 0 Å². The number of alkyl halides is 3. The summed E-state index contributed by atoms with van der Waals surface area (Å²) in [6.07, 6.45) is 2.14. The Balaban J connectivity index is 2.99. The smallest absolute Gasteiger partial charge is 0.369 e. The predicted octanol–water partition coefficient (Wildman–Crippen LogP) is 1.26. The van der Waals surface area contributed by atoms with Gasteiger partial charge < -0.3 is 4.90 Å². The molecule has 16 heavy (non-hydrogen) atoms. The molecule has 1 aromatic rings. The minimum absolute atomic E-state index is 0.163. The highest BCUT2D eigenvalue weighted by Crippen LogP contribution is 2.30. The number of nitrogens with one attached hydrogen (secondary N) is 1. The van der Waals surface area contributed by atoms with Gasteiger partial charge in [-0.05, 0) is 0 Å². The van der Waals surface area contributed by atoms with Gasteiger partial charge in [0, 0.05) is 14.1 Å². The van der Waals surface area contributed by atoms with E-state index in [-0.39, 0.29) is 5.82 Å². The van der Waals surface area contributed by atoms with Crippen molar-refractivity contribution in [3.05, 3.63) is 6.20 Å². The van der Waals surface area contributed by atoms with Crippen LogP contribution in [0.1, 0.15) is 0 Å². The average Bonchev–Trinajstić information content (AvgIpc) is 2.59. The van der Waals surface area contributed by atoms with E-state index in [0.717, 1.165) is 6.20 Å². The zero-order valence-electron chi connectivity index (χ0n) is 8.45. The maximum atomic E-state index is 12.2. The van der Waals surface area contributed by atoms with Crippen LogP contribution in [-0.4, -0.2) is 45.2 Å². The Kier molecular flexibility index (Phi) is 3.68. The van der Waals surface area contributed by atoms with Crippen molar-refractivity contribution in [1.82, 2.24) is 15.1 Å². The van der Waals surface area contributed by atoms with Gasteiger partial charge in [-0.2, -0.15) is 18.3 Å². The number of hydrogen-bond acceptors (Lipinski definition) is 3. The first kappa shape index (κ1) is 12.7. The third kappa shape index (κ3) is 3.05. The number of halogens is 3. The molecule has 1 unspecified atom stereocenters. The van der Waals surface area contributed by atoms with E-state index < -0.39 is 21.2 Å². The molecule has 0 saturated heterocycles. The summed E-state index contributed by atoms with van der Waals surface area (Å²) in [6, 6.07) is 0. The fraction of sp³-hybridized carbons (Fsp3) is 0.429. The van der Waals surface area contributed by atoms with E-state index in [4.69, 9.17) is 0 Å². The fourth-order valence-electron chi connectivity index (χ4n) is 0.794. The SMILES string of the molecule is CN(C)C=Nc1[nH]ncc1S(=O)C(F)(F)F. The molecule has 1 heterocycles. The van der Waals surface area contributed by atoms with Gasteiger partial charge in [0.25, 0.3) is 0 Å². The third-order valence-electron chi connectivity index (χ3n) is 1.41. The van der Waals surface area contributed by atoms with Crippen molar-refractivity contribution in [2.24, 2.45) is 4.99 Å². The quantitative estimate of drug-likeness (QED) is 0.652. The summed E-state index contributed by atoms with van der Waals surface area (Å²) in [6.45, 7) is 0. The fourth-order valence-corrected chi connectivity index (χ4v) is 1.47. The van der Waals surface area contributed by atoms with Crippen molar-refractivity contribution in [3.63, 3.8) is 0 Å². The van der Waals surface area contributed by atoms with Crippen molar-refractivity contribution in [2.75, 3.05) is 14.1 Å². The number of H-pyrrole nitrogens is 1. The molecule has 0 aliphatic rings. The van der Waals surface area contributed by atoms with Gasteiger partial charge in [0.05, 0.1) is 12.5 Å². The molecule has 0 bridgehead atoms. The number of aliphatic imine (C=N–C) groups is 1. The average molecular weight is 254 g/mol. The largest absolute Gasteiger partial charge is 0.476 e. The van der Waals surface area contributed by atoms with E-state index in [9.17, 15) is 17.4 Å². The van der Waals surface area contributed by atoms with E-state index in [2.05, 4.69) is 15.2 Å². The van der Waals surface area contributed by atoms with Gasteiger partial charge in [-0.25, -0.2) is 9.20 Å². The molecule has 0 radical (unpaired) electrons. The summed E-state index contributed by atoms with van der Waals surface area (Å²) < 4.78 is 47.6. The van der Waals surface area contributed by atoms with Crippen LogP contribution in [-0.2, 0) is 10.8 Å². The molecule has 0 spiro atoms. The molecule has 0 fully saturated rings. The van der Waals surface area contributed by atoms with Gasteiger partial charge in [-0.15, -0.1) is 0 Å². The second-order valence-corrected chi connectivity index (χ2v) is 4.45. The molecular formula is C7H9F3N4OS. The van der Waals surface area contributed by atoms with Crippen LogP contribution in [0.2, 0.25) is 0 Å². The maximum Gasteiger partial charge on any atom is 0.476 e. The van der Waals surface area contributed by atoms with Crippen molar-refractivity contribution in [1.29, 1.82) is 0 Å². The van der Waals surface area contributed by atoms with E-state index in [1.165, 1.54) is 11.2 Å². The van der Waals surface area contributed by atoms with Crippen molar-refractivity contribution in [3.8, 4) is 0 Å². The van der Waals surface area contributed by atoms with Gasteiger partial charge in [0.2, 0.25) is 0 Å². The van der Waals surface area contributed by atoms with E-state index in [1.807, 2.05) is 0 Å². The number of rotatable bonds is 3. The topological polar surface area (TPSA) is 61.4 Å². The zero-order valence-corrected chi connectivity index (χ0v) is 9.26. The molecule has 0 aromatic carbocycles. The summed E-state index contributed by atoms with van der Waals surface area (Å²) in [5.74, 6) is -0.163. The van der Waals surface area contributed by atoms with Crippen LogP contribution < -0.4 is 0 Å². The first-order valence-corrected chi connectivity index (χ1v) is 5.20. The lowest BCUT2D eigenvalue weighted by molar-refractivity contribution is -0.0384. The summed E-state index contributed by atoms with van der Waals surface area (Å²) in [7, 11) is 0.184. The highest BCUT2D eigenvalue weighted by Gasteiger charge is 2.40. The molecule has 0 amide bonds. The molecular weight excluding hydrogens is 245 g/mol. The van der Waals surface area contributed by atoms with Crippen LogP contribution in [0.15, 0.2) is 16.1 Å². The first-order valence-electron chi connectivity index (χ1n) is 4.05. The Labute approximate surface area is 91.8 Å². The van der Waals surface area contributed by atoms with Gasteiger partial charge in [-0.1, -0.05) is 0 Å². The Hall–Kier alpha value is -1.38. The second-order valence-electron chi connectivity index (χ2n) is 3.01. The highest BCUT2D eigenvalue weighted by atomic mass is 32.2. The molecule has 1 N–H and O–H groups in total. The lowest BCUT2D eigenvalue weighted by Crippen LogP contribution is -2.16. The molecule has 0 saturated carbocycles. The number of aromatic amines is 1. The van der Waals surface area contributed by atoms with Crippen LogP contribution >= 0.6 is 0 Å². The highest BCUT2D eigenvalue weighted by molar-refractivity contribution is 7.86. The van der Waals surface area contributed by atoms with Crippen LogP contribution in [0.4, 0.5) is 19.0 Å². The Morgan fingerprint density at radius 1 is 1.56 bits per heavy atom. The maximum absolute atomic E-state index is 12.2. The van der Waals surface area contributed by atoms with Crippen molar-refractivity contribution >= 4 is 23.0 Å². The summed E-state index contributed by atoms with van der Waals surface area (Å²) in [4.78, 5) is 4.74. The Morgan fingerprint density at radius 2 is 2.19 bits per heavy atom. The molecule has 0 aliphatic heterocycles. The van der Waals surface area contributed by atoms with Crippen LogP contribution in [0.25, 0.3) is 0 Å². The summed E-state index contributed by atoms with van der Waals surface area (Å²) >= 11 is 0. The van der Waals surface area contributed by atoms with E-state index in [1.54, 1.807) is 14.1 Å².